The molecule has 0 saturated carbocycles. The standard InChI is InChI=1S/C14H22N2O3S/c1-3-12-10(7-8-19-12)9-16-11-5-4-6-13(14(11)15)20(2,17)18/h4-6,10,12,16H,3,7-9,15H2,1-2H3. The van der Waals surface area contributed by atoms with E-state index in [1.807, 2.05) is 0 Å². The Morgan fingerprint density at radius 2 is 2.20 bits per heavy atom. The van der Waals surface area contributed by atoms with Crippen LogP contribution in [0, 0.1) is 5.92 Å². The van der Waals surface area contributed by atoms with Crippen LogP contribution in [0.1, 0.15) is 19.8 Å². The largest absolute Gasteiger partial charge is 0.396 e. The minimum absolute atomic E-state index is 0.178. The number of rotatable bonds is 5. The highest BCUT2D eigenvalue weighted by molar-refractivity contribution is 7.90. The van der Waals surface area contributed by atoms with Crippen LogP contribution in [-0.2, 0) is 14.6 Å². The van der Waals surface area contributed by atoms with Crippen LogP contribution < -0.4 is 11.1 Å². The van der Waals surface area contributed by atoms with Crippen LogP contribution in [-0.4, -0.2) is 33.9 Å². The molecule has 1 heterocycles. The van der Waals surface area contributed by atoms with Crippen molar-refractivity contribution in [2.45, 2.75) is 30.8 Å². The zero-order chi connectivity index (χ0) is 14.8. The predicted octanol–water partition coefficient (Wildman–Crippen LogP) is 1.90. The van der Waals surface area contributed by atoms with Crippen LogP contribution in [0.15, 0.2) is 23.1 Å². The summed E-state index contributed by atoms with van der Waals surface area (Å²) in [6, 6.07) is 5.04. The molecule has 2 unspecified atom stereocenters. The van der Waals surface area contributed by atoms with Gasteiger partial charge in [0.15, 0.2) is 9.84 Å². The van der Waals surface area contributed by atoms with Crippen LogP contribution in [0.4, 0.5) is 11.4 Å². The maximum atomic E-state index is 11.6. The van der Waals surface area contributed by atoms with Gasteiger partial charge in [0.05, 0.1) is 22.4 Å². The van der Waals surface area contributed by atoms with Crippen molar-refractivity contribution in [2.24, 2.45) is 5.92 Å². The number of sulfone groups is 1. The van der Waals surface area contributed by atoms with Gasteiger partial charge in [0.2, 0.25) is 0 Å². The molecule has 0 amide bonds. The first-order chi connectivity index (χ1) is 9.43. The van der Waals surface area contributed by atoms with Crippen LogP contribution in [0.2, 0.25) is 0 Å². The molecule has 112 valence electrons. The molecule has 2 rings (SSSR count). The van der Waals surface area contributed by atoms with E-state index in [2.05, 4.69) is 12.2 Å². The van der Waals surface area contributed by atoms with Gasteiger partial charge in [0.1, 0.15) is 0 Å². The third-order valence-corrected chi connectivity index (χ3v) is 4.92. The third-order valence-electron chi connectivity index (χ3n) is 3.77. The first kappa shape index (κ1) is 15.1. The molecule has 1 aromatic carbocycles. The molecule has 20 heavy (non-hydrogen) atoms. The summed E-state index contributed by atoms with van der Waals surface area (Å²) in [7, 11) is -3.30. The summed E-state index contributed by atoms with van der Waals surface area (Å²) in [5.41, 5.74) is 6.92. The molecule has 6 heteroatoms. The molecule has 1 aliphatic heterocycles. The number of hydrogen-bond acceptors (Lipinski definition) is 5. The summed E-state index contributed by atoms with van der Waals surface area (Å²) in [6.07, 6.45) is 3.46. The number of benzene rings is 1. The molecule has 0 spiro atoms. The lowest BCUT2D eigenvalue weighted by Gasteiger charge is -2.19. The fraction of sp³-hybridized carbons (Fsp3) is 0.571. The van der Waals surface area contributed by atoms with Gasteiger partial charge in [0.25, 0.3) is 0 Å². The van der Waals surface area contributed by atoms with Gasteiger partial charge in [-0.3, -0.25) is 0 Å². The molecule has 5 nitrogen and oxygen atoms in total. The number of para-hydroxylation sites is 1. The van der Waals surface area contributed by atoms with Gasteiger partial charge in [-0.2, -0.15) is 0 Å². The van der Waals surface area contributed by atoms with Crippen molar-refractivity contribution in [1.82, 2.24) is 0 Å². The van der Waals surface area contributed by atoms with E-state index in [1.54, 1.807) is 12.1 Å². The first-order valence-corrected chi connectivity index (χ1v) is 8.76. The number of ether oxygens (including phenoxy) is 1. The molecule has 0 bridgehead atoms. The van der Waals surface area contributed by atoms with E-state index >= 15 is 0 Å². The average molecular weight is 298 g/mol. The Kier molecular flexibility index (Phi) is 4.55. The molecule has 3 N–H and O–H groups in total. The van der Waals surface area contributed by atoms with Crippen LogP contribution in [0.25, 0.3) is 0 Å². The molecule has 0 radical (unpaired) electrons. The van der Waals surface area contributed by atoms with Crippen molar-refractivity contribution in [1.29, 1.82) is 0 Å². The molecule has 1 aromatic rings. The number of nitrogens with two attached hydrogens (primary N) is 1. The maximum absolute atomic E-state index is 11.6. The van der Waals surface area contributed by atoms with E-state index in [0.29, 0.717) is 17.3 Å². The fourth-order valence-electron chi connectivity index (χ4n) is 2.64. The van der Waals surface area contributed by atoms with E-state index < -0.39 is 9.84 Å². The molecule has 2 atom stereocenters. The van der Waals surface area contributed by atoms with Crippen molar-refractivity contribution in [2.75, 3.05) is 30.5 Å². The topological polar surface area (TPSA) is 81.4 Å². The monoisotopic (exact) mass is 298 g/mol. The Morgan fingerprint density at radius 1 is 1.45 bits per heavy atom. The number of nitrogens with one attached hydrogen (secondary N) is 1. The SMILES string of the molecule is CCC1OCCC1CNc1cccc(S(C)(=O)=O)c1N. The number of hydrogen-bond donors (Lipinski definition) is 2. The first-order valence-electron chi connectivity index (χ1n) is 6.87. The van der Waals surface area contributed by atoms with Gasteiger partial charge in [0, 0.05) is 25.3 Å². The predicted molar refractivity (Wildman–Crippen MR) is 80.6 cm³/mol. The quantitative estimate of drug-likeness (QED) is 0.811. The second kappa shape index (κ2) is 6.01. The van der Waals surface area contributed by atoms with Crippen LogP contribution >= 0.6 is 0 Å². The minimum Gasteiger partial charge on any atom is -0.396 e. The van der Waals surface area contributed by atoms with Gasteiger partial charge in [-0.25, -0.2) is 8.42 Å². The van der Waals surface area contributed by atoms with Crippen LogP contribution in [0.5, 0.6) is 0 Å². The minimum atomic E-state index is -3.30. The number of anilines is 2. The molecule has 1 aliphatic rings. The van der Waals surface area contributed by atoms with Gasteiger partial charge in [-0.05, 0) is 25.0 Å². The van der Waals surface area contributed by atoms with E-state index in [4.69, 9.17) is 10.5 Å². The summed E-state index contributed by atoms with van der Waals surface area (Å²) in [4.78, 5) is 0.178. The Morgan fingerprint density at radius 3 is 2.85 bits per heavy atom. The van der Waals surface area contributed by atoms with Crippen LogP contribution in [0.3, 0.4) is 0 Å². The van der Waals surface area contributed by atoms with Crippen molar-refractivity contribution in [3.8, 4) is 0 Å². The second-order valence-corrected chi connectivity index (χ2v) is 7.22. The summed E-state index contributed by atoms with van der Waals surface area (Å²) < 4.78 is 28.9. The third kappa shape index (κ3) is 3.24. The Hall–Kier alpha value is -1.27. The Labute approximate surface area is 120 Å². The fourth-order valence-corrected chi connectivity index (χ4v) is 3.48. The van der Waals surface area contributed by atoms with Crippen molar-refractivity contribution in [3.63, 3.8) is 0 Å². The second-order valence-electron chi connectivity index (χ2n) is 5.24. The van der Waals surface area contributed by atoms with Crippen molar-refractivity contribution < 1.29 is 13.2 Å². The Balaban J connectivity index is 2.11. The van der Waals surface area contributed by atoms with Gasteiger partial charge in [-0.15, -0.1) is 0 Å². The lowest BCUT2D eigenvalue weighted by atomic mass is 9.99. The average Bonchev–Trinajstić information content (AvgIpc) is 2.83. The van der Waals surface area contributed by atoms with Gasteiger partial charge < -0.3 is 15.8 Å². The molecule has 1 fully saturated rings. The lowest BCUT2D eigenvalue weighted by molar-refractivity contribution is 0.0900. The summed E-state index contributed by atoms with van der Waals surface area (Å²) in [5.74, 6) is 0.446. The van der Waals surface area contributed by atoms with E-state index in [9.17, 15) is 8.42 Å². The normalized spacial score (nSPS) is 22.9. The van der Waals surface area contributed by atoms with E-state index in [-0.39, 0.29) is 11.0 Å². The molecule has 0 aliphatic carbocycles. The molecule has 1 saturated heterocycles. The smallest absolute Gasteiger partial charge is 0.177 e. The zero-order valence-corrected chi connectivity index (χ0v) is 12.7. The van der Waals surface area contributed by atoms with Gasteiger partial charge in [-0.1, -0.05) is 13.0 Å². The van der Waals surface area contributed by atoms with Gasteiger partial charge >= 0.3 is 0 Å². The van der Waals surface area contributed by atoms with Crippen molar-refractivity contribution >= 4 is 21.2 Å². The molecular formula is C14H22N2O3S. The summed E-state index contributed by atoms with van der Waals surface area (Å²) >= 11 is 0. The lowest BCUT2D eigenvalue weighted by Crippen LogP contribution is -2.23. The number of nitrogen functional groups attached to an aromatic ring is 1. The highest BCUT2D eigenvalue weighted by Gasteiger charge is 2.26. The summed E-state index contributed by atoms with van der Waals surface area (Å²) in [6.45, 7) is 3.65. The highest BCUT2D eigenvalue weighted by Crippen LogP contribution is 2.28. The Bertz CT molecular complexity index is 572. The molecule has 0 aromatic heterocycles. The summed E-state index contributed by atoms with van der Waals surface area (Å²) in [5, 5.41) is 3.26. The van der Waals surface area contributed by atoms with Crippen molar-refractivity contribution in [3.05, 3.63) is 18.2 Å². The maximum Gasteiger partial charge on any atom is 0.177 e. The van der Waals surface area contributed by atoms with E-state index in [1.165, 1.54) is 12.3 Å². The van der Waals surface area contributed by atoms with E-state index in [0.717, 1.165) is 26.0 Å². The zero-order valence-electron chi connectivity index (χ0n) is 11.9. The highest BCUT2D eigenvalue weighted by atomic mass is 32.2. The molecular weight excluding hydrogens is 276 g/mol.